The van der Waals surface area contributed by atoms with Crippen molar-refractivity contribution < 1.29 is 27.7 Å². The second-order valence-corrected chi connectivity index (χ2v) is 14.2. The molecule has 1 unspecified atom stereocenters. The summed E-state index contributed by atoms with van der Waals surface area (Å²) in [5, 5.41) is 8.81. The van der Waals surface area contributed by atoms with Crippen molar-refractivity contribution in [1.82, 2.24) is 39.5 Å². The van der Waals surface area contributed by atoms with Gasteiger partial charge < -0.3 is 23.8 Å². The van der Waals surface area contributed by atoms with Gasteiger partial charge in [-0.2, -0.15) is 15.1 Å². The van der Waals surface area contributed by atoms with Crippen molar-refractivity contribution in [2.24, 2.45) is 17.8 Å². The summed E-state index contributed by atoms with van der Waals surface area (Å²) in [5.41, 5.74) is 0.986. The first kappa shape index (κ1) is 38.8. The number of aromatic nitrogens is 8. The minimum absolute atomic E-state index is 0.00268. The van der Waals surface area contributed by atoms with Crippen molar-refractivity contribution in [1.29, 1.82) is 0 Å². The summed E-state index contributed by atoms with van der Waals surface area (Å²) < 4.78 is 51.8. The largest absolute Gasteiger partial charge is 0.424 e. The molecule has 1 aliphatic carbocycles. The van der Waals surface area contributed by atoms with Crippen LogP contribution in [0.5, 0.6) is 23.5 Å². The lowest BCUT2D eigenvalue weighted by Gasteiger charge is -2.38. The first-order valence-corrected chi connectivity index (χ1v) is 18.5. The molecule has 1 aliphatic heterocycles. The molecule has 3 aromatic heterocycles. The smallest absolute Gasteiger partial charge is 0.321 e. The molecule has 2 fully saturated rings. The molecular formula is C35H38BrCl2F2N9O4. The third-order valence-corrected chi connectivity index (χ3v) is 9.98. The van der Waals surface area contributed by atoms with Gasteiger partial charge in [-0.05, 0) is 77.7 Å². The Hall–Kier alpha value is -3.96. The molecule has 3 atom stereocenters. The maximum absolute atomic E-state index is 13.5. The number of anilines is 1. The van der Waals surface area contributed by atoms with Gasteiger partial charge in [-0.25, -0.2) is 28.1 Å². The van der Waals surface area contributed by atoms with E-state index in [1.54, 1.807) is 25.2 Å². The Bertz CT molecular complexity index is 1990. The van der Waals surface area contributed by atoms with Crippen molar-refractivity contribution in [3.8, 4) is 23.5 Å². The summed E-state index contributed by atoms with van der Waals surface area (Å²) in [5.74, 6) is 3.23. The number of aryl methyl sites for hydroxylation is 1. The van der Waals surface area contributed by atoms with Crippen LogP contribution in [-0.4, -0.2) is 80.0 Å². The summed E-state index contributed by atoms with van der Waals surface area (Å²) >= 11 is 14.8. The standard InChI is InChI=1S/C24H28ClFN6O2.C11H10BrClFN3O2/c1-15-9-23(28-14-27-15)31-12-16-3-4-17(13-31)19(16)11-22-29-24(32(30-22)7-8-33-2)34-18-5-6-21(26)20(25)10-18;1-18-5-4-17-11(15-10(12)16-17)19-7-2-3-9(14)8(13)6-7/h5-6,9-10,14,16-17,19H,3-4,7-8,11-13H2,1-2H3;2-3,6H,4-5H2,1H3/t16-,17+,19?;. The first-order chi connectivity index (χ1) is 25.6. The summed E-state index contributed by atoms with van der Waals surface area (Å²) in [4.78, 5) is 19.9. The molecule has 0 spiro atoms. The molecule has 2 aliphatic rings. The molecule has 0 N–H and O–H groups in total. The van der Waals surface area contributed by atoms with E-state index in [4.69, 9.17) is 52.2 Å². The Balaban J connectivity index is 0.000000214. The molecule has 53 heavy (non-hydrogen) atoms. The molecule has 18 heteroatoms. The molecule has 5 aromatic rings. The SMILES string of the molecule is COCCn1nc(Br)nc1Oc1ccc(F)c(Cl)c1.COCCn1nc(CC2[C@@H]3CC[C@H]2CN(c2cc(C)ncn2)C3)nc1Oc1ccc(F)c(Cl)c1. The van der Waals surface area contributed by atoms with Crippen LogP contribution in [0.25, 0.3) is 0 Å². The second kappa shape index (κ2) is 17.9. The highest BCUT2D eigenvalue weighted by molar-refractivity contribution is 9.10. The van der Waals surface area contributed by atoms with E-state index in [-0.39, 0.29) is 16.1 Å². The number of piperidine rings is 1. The van der Waals surface area contributed by atoms with Crippen LogP contribution in [0.3, 0.4) is 0 Å². The highest BCUT2D eigenvalue weighted by Crippen LogP contribution is 2.44. The van der Waals surface area contributed by atoms with Gasteiger partial charge in [0.1, 0.15) is 35.3 Å². The fraction of sp³-hybridized carbons (Fsp3) is 0.429. The van der Waals surface area contributed by atoms with Crippen molar-refractivity contribution in [3.05, 3.63) is 86.7 Å². The topological polar surface area (TPSA) is 127 Å². The molecule has 282 valence electrons. The number of nitrogens with zero attached hydrogens (tertiary/aromatic N) is 9. The van der Waals surface area contributed by atoms with Gasteiger partial charge in [0.2, 0.25) is 4.73 Å². The van der Waals surface area contributed by atoms with Crippen LogP contribution in [0.15, 0.2) is 53.5 Å². The maximum atomic E-state index is 13.5. The summed E-state index contributed by atoms with van der Waals surface area (Å²) in [7, 11) is 3.23. The zero-order chi connectivity index (χ0) is 37.5. The number of methoxy groups -OCH3 is 2. The number of hydrogen-bond acceptors (Lipinski definition) is 11. The Kier molecular flexibility index (Phi) is 13.1. The number of halogens is 5. The van der Waals surface area contributed by atoms with Crippen molar-refractivity contribution >= 4 is 44.9 Å². The van der Waals surface area contributed by atoms with Crippen molar-refractivity contribution in [2.75, 3.05) is 45.4 Å². The van der Waals surface area contributed by atoms with Gasteiger partial charge in [-0.15, -0.1) is 5.10 Å². The van der Waals surface area contributed by atoms with Gasteiger partial charge in [0.15, 0.2) is 5.82 Å². The second-order valence-electron chi connectivity index (χ2n) is 12.6. The lowest BCUT2D eigenvalue weighted by Crippen LogP contribution is -2.43. The van der Waals surface area contributed by atoms with E-state index < -0.39 is 11.6 Å². The Labute approximate surface area is 323 Å². The molecule has 2 bridgehead atoms. The van der Waals surface area contributed by atoms with Crippen LogP contribution in [-0.2, 0) is 29.0 Å². The molecule has 13 nitrogen and oxygen atoms in total. The molecule has 1 saturated heterocycles. The van der Waals surface area contributed by atoms with Crippen molar-refractivity contribution in [3.63, 3.8) is 0 Å². The number of hydrogen-bond donors (Lipinski definition) is 0. The minimum atomic E-state index is -0.504. The number of ether oxygens (including phenoxy) is 4. The van der Waals surface area contributed by atoms with E-state index in [9.17, 15) is 8.78 Å². The van der Waals surface area contributed by atoms with E-state index in [1.165, 1.54) is 53.9 Å². The highest BCUT2D eigenvalue weighted by atomic mass is 79.9. The van der Waals surface area contributed by atoms with Gasteiger partial charge >= 0.3 is 12.0 Å². The van der Waals surface area contributed by atoms with Crippen LogP contribution in [0, 0.1) is 36.3 Å². The summed E-state index contributed by atoms with van der Waals surface area (Å²) in [6, 6.07) is 11.0. The predicted molar refractivity (Wildman–Crippen MR) is 197 cm³/mol. The average molecular weight is 838 g/mol. The molecular weight excluding hydrogens is 799 g/mol. The minimum Gasteiger partial charge on any atom is -0.424 e. The van der Waals surface area contributed by atoms with Gasteiger partial charge in [0, 0.05) is 57.6 Å². The predicted octanol–water partition coefficient (Wildman–Crippen LogP) is 7.58. The third kappa shape index (κ3) is 9.97. The van der Waals surface area contributed by atoms with Crippen molar-refractivity contribution in [2.45, 2.75) is 39.3 Å². The molecule has 1 saturated carbocycles. The molecule has 4 heterocycles. The molecule has 2 aromatic carbocycles. The first-order valence-electron chi connectivity index (χ1n) is 16.9. The molecule has 0 radical (unpaired) electrons. The quantitative estimate of drug-likeness (QED) is 0.117. The fourth-order valence-electron chi connectivity index (χ4n) is 6.53. The molecule has 0 amide bonds. The van der Waals surface area contributed by atoms with Gasteiger partial charge in [0.05, 0.1) is 36.3 Å². The lowest BCUT2D eigenvalue weighted by atomic mass is 9.82. The number of rotatable bonds is 13. The zero-order valence-corrected chi connectivity index (χ0v) is 32.4. The van der Waals surface area contributed by atoms with E-state index in [0.717, 1.165) is 36.8 Å². The summed E-state index contributed by atoms with van der Waals surface area (Å²) in [6.07, 6.45) is 4.85. The average Bonchev–Trinajstić information content (AvgIpc) is 3.76. The van der Waals surface area contributed by atoms with Gasteiger partial charge in [-0.3, -0.25) is 0 Å². The normalized spacial score (nSPS) is 17.8. The van der Waals surface area contributed by atoms with Crippen LogP contribution < -0.4 is 14.4 Å². The Morgan fingerprint density at radius 2 is 1.36 bits per heavy atom. The highest BCUT2D eigenvalue weighted by Gasteiger charge is 2.43. The third-order valence-electron chi connectivity index (χ3n) is 9.07. The number of fused-ring (bicyclic) bond motifs is 2. The fourth-order valence-corrected chi connectivity index (χ4v) is 7.21. The Morgan fingerprint density at radius 3 is 1.91 bits per heavy atom. The zero-order valence-electron chi connectivity index (χ0n) is 29.3. The van der Waals surface area contributed by atoms with Crippen LogP contribution in [0.4, 0.5) is 14.6 Å². The maximum Gasteiger partial charge on any atom is 0.321 e. The van der Waals surface area contributed by atoms with Crippen LogP contribution >= 0.6 is 39.1 Å². The number of benzene rings is 2. The molecule has 7 rings (SSSR count). The van der Waals surface area contributed by atoms with Crippen LogP contribution in [0.2, 0.25) is 10.0 Å². The van der Waals surface area contributed by atoms with Gasteiger partial charge in [-0.1, -0.05) is 23.2 Å². The van der Waals surface area contributed by atoms with E-state index in [2.05, 4.69) is 46.9 Å². The van der Waals surface area contributed by atoms with E-state index in [0.29, 0.717) is 66.3 Å². The summed E-state index contributed by atoms with van der Waals surface area (Å²) in [6.45, 7) is 5.91. The van der Waals surface area contributed by atoms with E-state index >= 15 is 0 Å². The monoisotopic (exact) mass is 835 g/mol. The Morgan fingerprint density at radius 1 is 0.792 bits per heavy atom. The van der Waals surface area contributed by atoms with Crippen LogP contribution in [0.1, 0.15) is 24.4 Å². The van der Waals surface area contributed by atoms with Gasteiger partial charge in [0.25, 0.3) is 0 Å². The van der Waals surface area contributed by atoms with E-state index in [1.807, 2.05) is 6.92 Å². The lowest BCUT2D eigenvalue weighted by molar-refractivity contribution is 0.179.